The maximum atomic E-state index is 13.3. The van der Waals surface area contributed by atoms with Gasteiger partial charge in [0.15, 0.2) is 11.0 Å². The van der Waals surface area contributed by atoms with Crippen molar-refractivity contribution in [2.24, 2.45) is 0 Å². The van der Waals surface area contributed by atoms with Crippen molar-refractivity contribution in [2.45, 2.75) is 32.6 Å². The zero-order valence-electron chi connectivity index (χ0n) is 16.6. The zero-order valence-corrected chi connectivity index (χ0v) is 16.6. The Kier molecular flexibility index (Phi) is 5.49. The van der Waals surface area contributed by atoms with Crippen molar-refractivity contribution in [3.8, 4) is 11.3 Å². The fourth-order valence-corrected chi connectivity index (χ4v) is 4.15. The minimum atomic E-state index is -1.09. The molecule has 0 unspecified atom stereocenters. The molecule has 0 bridgehead atoms. The van der Waals surface area contributed by atoms with Crippen molar-refractivity contribution in [1.29, 1.82) is 0 Å². The molecule has 1 aliphatic heterocycles. The number of carbonyl (C=O) groups is 1. The number of nitrogens with zero attached hydrogens (tertiary/aromatic N) is 1. The molecule has 150 valence electrons. The summed E-state index contributed by atoms with van der Waals surface area (Å²) in [5.74, 6) is -0.664. The lowest BCUT2D eigenvalue weighted by Gasteiger charge is -2.26. The lowest BCUT2D eigenvalue weighted by atomic mass is 9.98. The van der Waals surface area contributed by atoms with Crippen LogP contribution in [0.2, 0.25) is 0 Å². The Labute approximate surface area is 169 Å². The highest BCUT2D eigenvalue weighted by molar-refractivity contribution is 6.02. The van der Waals surface area contributed by atoms with Gasteiger partial charge in [0.05, 0.1) is 5.39 Å². The second kappa shape index (κ2) is 8.21. The molecule has 5 nitrogen and oxygen atoms in total. The van der Waals surface area contributed by atoms with E-state index in [1.807, 2.05) is 30.3 Å². The van der Waals surface area contributed by atoms with Gasteiger partial charge in [-0.25, -0.2) is 4.79 Å². The third-order valence-corrected chi connectivity index (χ3v) is 5.77. The number of benzene rings is 2. The Balaban J connectivity index is 1.84. The fourth-order valence-electron chi connectivity index (χ4n) is 4.15. The van der Waals surface area contributed by atoms with Crippen molar-refractivity contribution in [2.75, 3.05) is 19.6 Å². The topological polar surface area (TPSA) is 70.8 Å². The highest BCUT2D eigenvalue weighted by Gasteiger charge is 2.21. The molecule has 4 rings (SSSR count). The van der Waals surface area contributed by atoms with Gasteiger partial charge < -0.3 is 14.4 Å². The highest BCUT2D eigenvalue weighted by atomic mass is 16.4. The van der Waals surface area contributed by atoms with Gasteiger partial charge in [-0.3, -0.25) is 4.79 Å². The van der Waals surface area contributed by atoms with Crippen LogP contribution in [0.1, 0.15) is 40.7 Å². The molecule has 1 saturated heterocycles. The van der Waals surface area contributed by atoms with Crippen LogP contribution < -0.4 is 5.43 Å². The molecule has 1 N–H and O–H groups in total. The number of carboxylic acids is 1. The van der Waals surface area contributed by atoms with Crippen molar-refractivity contribution in [3.63, 3.8) is 0 Å². The summed E-state index contributed by atoms with van der Waals surface area (Å²) in [4.78, 5) is 27.5. The lowest BCUT2D eigenvalue weighted by Crippen LogP contribution is -2.31. The van der Waals surface area contributed by atoms with Gasteiger partial charge in [-0.1, -0.05) is 42.8 Å². The quantitative estimate of drug-likeness (QED) is 0.694. The molecular formula is C24H25NO4. The van der Waals surface area contributed by atoms with Crippen molar-refractivity contribution < 1.29 is 14.3 Å². The third-order valence-electron chi connectivity index (χ3n) is 5.77. The summed E-state index contributed by atoms with van der Waals surface area (Å²) >= 11 is 0. The molecule has 0 atom stereocenters. The average molecular weight is 391 g/mol. The van der Waals surface area contributed by atoms with Crippen molar-refractivity contribution in [1.82, 2.24) is 4.90 Å². The van der Waals surface area contributed by atoms with E-state index in [2.05, 4.69) is 4.90 Å². The van der Waals surface area contributed by atoms with Gasteiger partial charge in [0.2, 0.25) is 0 Å². The molecule has 0 aliphatic carbocycles. The van der Waals surface area contributed by atoms with Gasteiger partial charge >= 0.3 is 5.97 Å². The van der Waals surface area contributed by atoms with E-state index in [1.165, 1.54) is 19.3 Å². The number of hydrogen-bond acceptors (Lipinski definition) is 4. The number of carboxylic acid groups (broad SMARTS) is 1. The van der Waals surface area contributed by atoms with Crippen LogP contribution in [0, 0.1) is 6.92 Å². The van der Waals surface area contributed by atoms with Gasteiger partial charge in [-0.15, -0.1) is 0 Å². The number of fused-ring (bicyclic) bond motifs is 1. The highest BCUT2D eigenvalue weighted by Crippen LogP contribution is 2.29. The number of piperidine rings is 1. The summed E-state index contributed by atoms with van der Waals surface area (Å²) in [5, 5.41) is 10.1. The molecule has 2 aromatic carbocycles. The number of hydrogen-bond donors (Lipinski definition) is 1. The Morgan fingerprint density at radius 3 is 2.48 bits per heavy atom. The number of aromatic carboxylic acids is 1. The molecule has 1 fully saturated rings. The summed E-state index contributed by atoms with van der Waals surface area (Å²) in [5.41, 5.74) is 2.16. The van der Waals surface area contributed by atoms with E-state index in [1.54, 1.807) is 19.1 Å². The largest absolute Gasteiger partial charge is 0.478 e. The van der Waals surface area contributed by atoms with Crippen LogP contribution in [0.3, 0.4) is 0 Å². The van der Waals surface area contributed by atoms with Gasteiger partial charge in [0.1, 0.15) is 11.3 Å². The molecule has 0 spiro atoms. The third kappa shape index (κ3) is 3.83. The summed E-state index contributed by atoms with van der Waals surface area (Å²) in [7, 11) is 0. The van der Waals surface area contributed by atoms with Crippen LogP contribution in [-0.4, -0.2) is 35.6 Å². The van der Waals surface area contributed by atoms with Gasteiger partial charge in [-0.2, -0.15) is 0 Å². The zero-order chi connectivity index (χ0) is 20.4. The SMILES string of the molecule is Cc1c(-c2ccccc2)oc2c(C(=O)O)ccc(CCN3CCCCC3)c2c1=O. The van der Waals surface area contributed by atoms with Crippen LogP contribution in [0.5, 0.6) is 0 Å². The number of likely N-dealkylation sites (tertiary alicyclic amines) is 1. The van der Waals surface area contributed by atoms with E-state index >= 15 is 0 Å². The van der Waals surface area contributed by atoms with E-state index in [0.29, 0.717) is 23.1 Å². The van der Waals surface area contributed by atoms with Crippen LogP contribution in [-0.2, 0) is 6.42 Å². The monoisotopic (exact) mass is 391 g/mol. The first kappa shape index (κ1) is 19.4. The summed E-state index contributed by atoms with van der Waals surface area (Å²) < 4.78 is 6.09. The van der Waals surface area contributed by atoms with Gasteiger partial charge in [0.25, 0.3) is 0 Å². The van der Waals surface area contributed by atoms with Gasteiger partial charge in [0, 0.05) is 17.7 Å². The standard InChI is InChI=1S/C24H25NO4/c1-16-21(26)20-17(12-15-25-13-6-3-7-14-25)10-11-19(24(27)28)23(20)29-22(16)18-8-4-2-5-9-18/h2,4-5,8-11H,3,6-7,12-15H2,1H3,(H,27,28). The molecule has 1 aliphatic rings. The number of rotatable bonds is 5. The second-order valence-electron chi connectivity index (χ2n) is 7.69. The predicted octanol–water partition coefficient (Wildman–Crippen LogP) is 4.50. The minimum Gasteiger partial charge on any atom is -0.478 e. The Morgan fingerprint density at radius 1 is 1.07 bits per heavy atom. The normalized spacial score (nSPS) is 14.9. The lowest BCUT2D eigenvalue weighted by molar-refractivity contribution is 0.0698. The molecule has 2 heterocycles. The Morgan fingerprint density at radius 2 is 1.79 bits per heavy atom. The Hall–Kier alpha value is -2.92. The first-order chi connectivity index (χ1) is 14.1. The van der Waals surface area contributed by atoms with E-state index in [4.69, 9.17) is 4.42 Å². The van der Waals surface area contributed by atoms with E-state index < -0.39 is 5.97 Å². The second-order valence-corrected chi connectivity index (χ2v) is 7.69. The molecule has 0 radical (unpaired) electrons. The molecule has 3 aromatic rings. The smallest absolute Gasteiger partial charge is 0.339 e. The molecule has 0 saturated carbocycles. The maximum absolute atomic E-state index is 13.3. The average Bonchev–Trinajstić information content (AvgIpc) is 2.75. The summed E-state index contributed by atoms with van der Waals surface area (Å²) in [6.07, 6.45) is 4.39. The molecule has 5 heteroatoms. The van der Waals surface area contributed by atoms with Crippen molar-refractivity contribution >= 4 is 16.9 Å². The Bertz CT molecular complexity index is 1100. The summed E-state index contributed by atoms with van der Waals surface area (Å²) in [6.45, 7) is 4.77. The van der Waals surface area contributed by atoms with Crippen LogP contribution in [0.25, 0.3) is 22.3 Å². The first-order valence-corrected chi connectivity index (χ1v) is 10.2. The van der Waals surface area contributed by atoms with Crippen molar-refractivity contribution in [3.05, 3.63) is 69.4 Å². The van der Waals surface area contributed by atoms with E-state index in [0.717, 1.165) is 30.8 Å². The minimum absolute atomic E-state index is 0.0241. The van der Waals surface area contributed by atoms with Gasteiger partial charge in [-0.05, 0) is 50.9 Å². The van der Waals surface area contributed by atoms with E-state index in [-0.39, 0.29) is 16.6 Å². The molecule has 0 amide bonds. The van der Waals surface area contributed by atoms with Crippen LogP contribution in [0.4, 0.5) is 0 Å². The molecular weight excluding hydrogens is 366 g/mol. The van der Waals surface area contributed by atoms with E-state index in [9.17, 15) is 14.7 Å². The summed E-state index contributed by atoms with van der Waals surface area (Å²) in [6, 6.07) is 12.7. The maximum Gasteiger partial charge on any atom is 0.339 e. The first-order valence-electron chi connectivity index (χ1n) is 10.2. The molecule has 29 heavy (non-hydrogen) atoms. The van der Waals surface area contributed by atoms with Crippen LogP contribution in [0.15, 0.2) is 51.7 Å². The van der Waals surface area contributed by atoms with Crippen LogP contribution >= 0.6 is 0 Å². The predicted molar refractivity (Wildman–Crippen MR) is 114 cm³/mol. The fraction of sp³-hybridized carbons (Fsp3) is 0.333. The molecule has 1 aromatic heterocycles.